The van der Waals surface area contributed by atoms with E-state index in [2.05, 4.69) is 74.2 Å². The molecule has 0 bridgehead atoms. The van der Waals surface area contributed by atoms with Crippen molar-refractivity contribution in [1.29, 1.82) is 0 Å². The third-order valence-corrected chi connectivity index (χ3v) is 15.9. The van der Waals surface area contributed by atoms with E-state index in [9.17, 15) is 52.7 Å². The maximum atomic E-state index is 15.4. The van der Waals surface area contributed by atoms with Crippen molar-refractivity contribution < 1.29 is 87.8 Å². The van der Waals surface area contributed by atoms with E-state index < -0.39 is 168 Å². The van der Waals surface area contributed by atoms with Crippen LogP contribution in [0.25, 0.3) is 0 Å². The van der Waals surface area contributed by atoms with E-state index in [-0.39, 0.29) is 5.54 Å². The van der Waals surface area contributed by atoms with Crippen molar-refractivity contribution in [2.45, 2.75) is 39.4 Å². The van der Waals surface area contributed by atoms with Crippen molar-refractivity contribution in [3.8, 4) is 0 Å². The minimum Gasteiger partial charge on any atom is -0.207 e. The first kappa shape index (κ1) is 49.3. The van der Waals surface area contributed by atoms with Gasteiger partial charge in [0.2, 0.25) is 0 Å². The van der Waals surface area contributed by atoms with Crippen LogP contribution in [0.2, 0.25) is 0 Å². The number of nitrogens with zero attached hydrogens (tertiary/aromatic N) is 1. The number of benzene rings is 6. The molecule has 0 N–H and O–H groups in total. The number of fused-ring (bicyclic) bond motifs is 2. The largest absolute Gasteiger partial charge is 0.207 e. The van der Waals surface area contributed by atoms with Gasteiger partial charge in [0.05, 0.1) is 0 Å². The summed E-state index contributed by atoms with van der Waals surface area (Å²) >= 11 is -0.766. The molecule has 23 heteroatoms. The van der Waals surface area contributed by atoms with Crippen molar-refractivity contribution in [1.82, 2.24) is 4.90 Å². The van der Waals surface area contributed by atoms with Crippen LogP contribution in [0.15, 0.2) is 48.5 Å². The number of halogens is 20. The van der Waals surface area contributed by atoms with Crippen LogP contribution in [0.1, 0.15) is 31.9 Å². The molecule has 0 fully saturated rings. The molecule has 6 aromatic carbocycles. The Bertz CT molecular complexity index is 2490. The normalized spacial score (nSPS) is 13.2. The molecule has 7 rings (SSSR count). The second-order valence-corrected chi connectivity index (χ2v) is 19.8. The van der Waals surface area contributed by atoms with Crippen LogP contribution in [0.4, 0.5) is 87.8 Å². The molecule has 1 aliphatic rings. The molecule has 1 aliphatic heterocycles. The summed E-state index contributed by atoms with van der Waals surface area (Å²) in [6, 6.07) is 18.1. The minimum absolute atomic E-state index is 0.198. The van der Waals surface area contributed by atoms with Gasteiger partial charge < -0.3 is 0 Å². The summed E-state index contributed by atoms with van der Waals surface area (Å²) in [4.78, 5) is 2.60. The molecule has 0 unspecified atom stereocenters. The standard InChI is InChI=1S/C24BF20.C18H21N.Bi/c26-5-1(6(27)14(35)21(42)13(5)34)25(2-7(28)15(36)22(43)16(37)8(2)29,3-9(30)17(38)23(44)18(39)10(3)31)4-11(32)19(40)24(45)20(41)12(4)33;1-18(2,3)19(14-16-10-6-4-7-11-16)15-17-12-8-5-9-13-17;/h;4-10,12H,14-15H2,1-3H3;/q-1;;+1. The molecule has 342 valence electrons. The number of hydrogen-bond donors (Lipinski definition) is 0. The first-order valence-corrected chi connectivity index (χ1v) is 21.6. The van der Waals surface area contributed by atoms with Gasteiger partial charge >= 0.3 is 134 Å². The third-order valence-electron chi connectivity index (χ3n) is 10.6. The quantitative estimate of drug-likeness (QED) is 0.0745. The van der Waals surface area contributed by atoms with Crippen LogP contribution in [-0.2, 0) is 13.1 Å². The first-order chi connectivity index (χ1) is 30.2. The van der Waals surface area contributed by atoms with Gasteiger partial charge in [-0.3, -0.25) is 0 Å². The summed E-state index contributed by atoms with van der Waals surface area (Å²) in [7, 11) is 0. The van der Waals surface area contributed by atoms with E-state index in [4.69, 9.17) is 0 Å². The summed E-state index contributed by atoms with van der Waals surface area (Å²) in [6.07, 6.45) is -7.22. The van der Waals surface area contributed by atoms with E-state index in [1.165, 1.54) is 0 Å². The summed E-state index contributed by atoms with van der Waals surface area (Å²) in [5.41, 5.74) is -11.0. The third kappa shape index (κ3) is 7.93. The van der Waals surface area contributed by atoms with Crippen LogP contribution in [-0.4, -0.2) is 39.8 Å². The fourth-order valence-corrected chi connectivity index (χ4v) is 12.0. The SMILES string of the molecule is CC(C)(C)N1Cc2cccc[c]2[Bi+][c]2ccccc2C1.Fc1c(F)c(F)c([B-](c2c(F)c(F)c(F)c(F)c2F)(c2c(F)c(F)c(F)c(F)c2F)c2c(F)c(F)c(F)c(F)c2F)c(F)c1F. The molecule has 0 aromatic heterocycles. The molecule has 0 saturated heterocycles. The van der Waals surface area contributed by atoms with Crippen LogP contribution in [0.5, 0.6) is 0 Å². The van der Waals surface area contributed by atoms with Crippen LogP contribution < -0.4 is 28.4 Å². The zero-order valence-corrected chi connectivity index (χ0v) is 36.0. The first-order valence-electron chi connectivity index (χ1n) is 18.1. The molecule has 1 heterocycles. The molecule has 0 atom stereocenters. The van der Waals surface area contributed by atoms with E-state index in [0.29, 0.717) is 0 Å². The molecule has 1 nitrogen and oxygen atoms in total. The van der Waals surface area contributed by atoms with Gasteiger partial charge in [-0.1, -0.05) is 0 Å². The Morgan fingerprint density at radius 3 is 0.754 bits per heavy atom. The summed E-state index contributed by atoms with van der Waals surface area (Å²) < 4.78 is 297. The van der Waals surface area contributed by atoms with Gasteiger partial charge in [-0.15, -0.1) is 21.9 Å². The average molecular weight is 1140 g/mol. The Morgan fingerprint density at radius 2 is 0.538 bits per heavy atom. The van der Waals surface area contributed by atoms with Gasteiger partial charge in [0.1, 0.15) is 52.7 Å². The number of hydrogen-bond acceptors (Lipinski definition) is 1. The van der Waals surface area contributed by atoms with Crippen molar-refractivity contribution in [2.75, 3.05) is 0 Å². The molecule has 0 aliphatic carbocycles. The molecular formula is C42H21BBiF20N. The van der Waals surface area contributed by atoms with Gasteiger partial charge in [-0.05, 0) is 0 Å². The molecule has 0 spiro atoms. The average Bonchev–Trinajstić information content (AvgIpc) is 3.26. The summed E-state index contributed by atoms with van der Waals surface area (Å²) in [6.45, 7) is 9.12. The summed E-state index contributed by atoms with van der Waals surface area (Å²) in [5, 5.41) is 0. The predicted octanol–water partition coefficient (Wildman–Crippen LogP) is 8.30. The Morgan fingerprint density at radius 1 is 0.338 bits per heavy atom. The fourth-order valence-electron chi connectivity index (χ4n) is 7.45. The van der Waals surface area contributed by atoms with Gasteiger partial charge in [0.15, 0.2) is 69.8 Å². The van der Waals surface area contributed by atoms with Crippen molar-refractivity contribution in [3.63, 3.8) is 0 Å². The van der Waals surface area contributed by atoms with Crippen LogP contribution >= 0.6 is 0 Å². The Labute approximate surface area is 364 Å². The predicted molar refractivity (Wildman–Crippen MR) is 196 cm³/mol. The van der Waals surface area contributed by atoms with E-state index >= 15 is 35.1 Å². The van der Waals surface area contributed by atoms with E-state index in [1.54, 1.807) is 17.7 Å². The molecule has 6 aromatic rings. The molecule has 65 heavy (non-hydrogen) atoms. The van der Waals surface area contributed by atoms with Crippen molar-refractivity contribution in [2.24, 2.45) is 0 Å². The Kier molecular flexibility index (Phi) is 13.6. The number of rotatable bonds is 4. The van der Waals surface area contributed by atoms with E-state index in [0.717, 1.165) is 13.1 Å². The van der Waals surface area contributed by atoms with Gasteiger partial charge in [0, 0.05) is 0 Å². The molecular weight excluding hydrogens is 1120 g/mol. The molecule has 0 amide bonds. The second-order valence-electron chi connectivity index (χ2n) is 15.2. The Hall–Kier alpha value is -5.17. The maximum absolute atomic E-state index is 15.4. The van der Waals surface area contributed by atoms with Crippen LogP contribution in [0.3, 0.4) is 0 Å². The topological polar surface area (TPSA) is 3.24 Å². The molecule has 2 radical (unpaired) electrons. The maximum Gasteiger partial charge on any atom is 0.200 e. The van der Waals surface area contributed by atoms with Gasteiger partial charge in [-0.2, -0.15) is 0 Å². The van der Waals surface area contributed by atoms with E-state index in [1.807, 2.05) is 0 Å². The van der Waals surface area contributed by atoms with Crippen molar-refractivity contribution in [3.05, 3.63) is 176 Å². The second kappa shape index (κ2) is 17.9. The smallest absolute Gasteiger partial charge is 0.200 e. The minimum atomic E-state index is -7.22. The fraction of sp³-hybridized carbons (Fsp3) is 0.143. The van der Waals surface area contributed by atoms with Gasteiger partial charge in [-0.25, -0.2) is 87.8 Å². The van der Waals surface area contributed by atoms with Crippen LogP contribution in [0, 0.1) is 116 Å². The molecule has 0 saturated carbocycles. The van der Waals surface area contributed by atoms with Crippen molar-refractivity contribution >= 4 is 57.8 Å². The zero-order chi connectivity index (χ0) is 48.5. The van der Waals surface area contributed by atoms with Gasteiger partial charge in [0.25, 0.3) is 0 Å². The summed E-state index contributed by atoms with van der Waals surface area (Å²) in [5.74, 6) is -71.4. The Balaban J connectivity index is 0.000000289. The zero-order valence-electron chi connectivity index (χ0n) is 32.6. The monoisotopic (exact) mass is 1140 g/mol.